The first-order chi connectivity index (χ1) is 13.2. The van der Waals surface area contributed by atoms with Gasteiger partial charge in [-0.2, -0.15) is 5.10 Å². The number of carbonyl (C=O) groups excluding carboxylic acids is 2. The van der Waals surface area contributed by atoms with Crippen LogP contribution in [0.2, 0.25) is 0 Å². The summed E-state index contributed by atoms with van der Waals surface area (Å²) in [5, 5.41) is 5.26. The number of likely N-dealkylation sites (N-methyl/N-ethyl adjacent to an activating group) is 1. The Morgan fingerprint density at radius 3 is 2.39 bits per heavy atom. The van der Waals surface area contributed by atoms with Gasteiger partial charge in [-0.05, 0) is 52.7 Å². The van der Waals surface area contributed by atoms with Gasteiger partial charge in [-0.3, -0.25) is 4.79 Å². The van der Waals surface area contributed by atoms with Crippen LogP contribution in [0.1, 0.15) is 54.4 Å². The number of nitrogens with zero attached hydrogens (tertiary/aromatic N) is 4. The molecule has 0 N–H and O–H groups in total. The molecule has 1 saturated heterocycles. The molecule has 2 heterocycles. The second kappa shape index (κ2) is 8.80. The molecule has 1 fully saturated rings. The van der Waals surface area contributed by atoms with Gasteiger partial charge in [-0.25, -0.2) is 9.80 Å². The highest BCUT2D eigenvalue weighted by Crippen LogP contribution is 2.38. The number of carbonyl (C=O) groups is 2. The number of hydrogen-bond acceptors (Lipinski definition) is 6. The lowest BCUT2D eigenvalue weighted by atomic mass is 9.95. The third-order valence-corrected chi connectivity index (χ3v) is 5.57. The lowest BCUT2D eigenvalue weighted by Crippen LogP contribution is -2.45. The van der Waals surface area contributed by atoms with Gasteiger partial charge < -0.3 is 14.5 Å². The molecule has 2 rings (SSSR count). The van der Waals surface area contributed by atoms with E-state index in [9.17, 15) is 9.59 Å². The van der Waals surface area contributed by atoms with E-state index in [1.165, 1.54) is 5.01 Å². The van der Waals surface area contributed by atoms with Crippen LogP contribution in [-0.4, -0.2) is 70.7 Å². The topological polar surface area (TPSA) is 65.5 Å². The Kier molecular flexibility index (Phi) is 6.91. The molecule has 7 nitrogen and oxygen atoms in total. The molecule has 0 aromatic rings. The van der Waals surface area contributed by atoms with E-state index in [0.717, 1.165) is 31.8 Å². The normalized spacial score (nSPS) is 24.5. The van der Waals surface area contributed by atoms with Crippen molar-refractivity contribution in [2.75, 3.05) is 26.7 Å². The maximum atomic E-state index is 12.5. The fraction of sp³-hybridized carbons (Fsp3) is 0.667. The summed E-state index contributed by atoms with van der Waals surface area (Å²) in [6.07, 6.45) is 5.74. The fourth-order valence-corrected chi connectivity index (χ4v) is 3.80. The van der Waals surface area contributed by atoms with Crippen molar-refractivity contribution in [2.45, 2.75) is 66.0 Å². The lowest BCUT2D eigenvalue weighted by molar-refractivity contribution is -0.135. The summed E-state index contributed by atoms with van der Waals surface area (Å²) in [5.41, 5.74) is 0.323. The largest absolute Gasteiger partial charge is 0.461 e. The van der Waals surface area contributed by atoms with Crippen molar-refractivity contribution in [3.63, 3.8) is 0 Å². The van der Waals surface area contributed by atoms with Crippen LogP contribution in [0.5, 0.6) is 0 Å². The van der Waals surface area contributed by atoms with E-state index in [0.29, 0.717) is 6.04 Å². The molecule has 1 amide bonds. The van der Waals surface area contributed by atoms with Crippen LogP contribution in [0, 0.1) is 0 Å². The second-order valence-electron chi connectivity index (χ2n) is 7.78. The lowest BCUT2D eigenvalue weighted by Gasteiger charge is -2.34. The van der Waals surface area contributed by atoms with Gasteiger partial charge in [-0.1, -0.05) is 13.8 Å². The van der Waals surface area contributed by atoms with E-state index in [4.69, 9.17) is 4.74 Å². The first kappa shape index (κ1) is 22.0. The predicted octanol–water partition coefficient (Wildman–Crippen LogP) is 2.75. The number of rotatable bonds is 7. The maximum absolute atomic E-state index is 12.5. The SMILES string of the molecule is CCCN1/C(=C\C=C2\C(=O)N(C)N=C2C(=O)OCC)N(CCC)C(C)(C)C1C. The summed E-state index contributed by atoms with van der Waals surface area (Å²) < 4.78 is 5.06. The molecule has 0 aliphatic carbocycles. The first-order valence-electron chi connectivity index (χ1n) is 10.2. The summed E-state index contributed by atoms with van der Waals surface area (Å²) >= 11 is 0. The highest BCUT2D eigenvalue weighted by molar-refractivity contribution is 6.51. The molecule has 0 aromatic carbocycles. The van der Waals surface area contributed by atoms with Gasteiger partial charge in [0.2, 0.25) is 0 Å². The van der Waals surface area contributed by atoms with Crippen LogP contribution in [0.15, 0.2) is 28.6 Å². The van der Waals surface area contributed by atoms with Gasteiger partial charge >= 0.3 is 5.97 Å². The van der Waals surface area contributed by atoms with E-state index in [-0.39, 0.29) is 29.3 Å². The molecule has 2 aliphatic rings. The molecule has 156 valence electrons. The number of amides is 1. The molecule has 0 spiro atoms. The molecule has 0 bridgehead atoms. The zero-order chi connectivity index (χ0) is 21.1. The van der Waals surface area contributed by atoms with E-state index in [2.05, 4.69) is 49.5 Å². The minimum Gasteiger partial charge on any atom is -0.461 e. The quantitative estimate of drug-likeness (QED) is 0.494. The molecule has 1 unspecified atom stereocenters. The third kappa shape index (κ3) is 3.93. The van der Waals surface area contributed by atoms with Crippen LogP contribution in [-0.2, 0) is 14.3 Å². The van der Waals surface area contributed by atoms with E-state index in [1.54, 1.807) is 20.0 Å². The van der Waals surface area contributed by atoms with E-state index < -0.39 is 5.97 Å². The average molecular weight is 391 g/mol. The van der Waals surface area contributed by atoms with Gasteiger partial charge in [-0.15, -0.1) is 0 Å². The van der Waals surface area contributed by atoms with Gasteiger partial charge in [0.1, 0.15) is 5.82 Å². The summed E-state index contributed by atoms with van der Waals surface area (Å²) in [5.74, 6) is 0.217. The van der Waals surface area contributed by atoms with Crippen molar-refractivity contribution in [2.24, 2.45) is 5.10 Å². The Morgan fingerprint density at radius 1 is 1.18 bits per heavy atom. The van der Waals surface area contributed by atoms with Crippen molar-refractivity contribution in [3.05, 3.63) is 23.5 Å². The molecule has 0 radical (unpaired) electrons. The van der Waals surface area contributed by atoms with Crippen LogP contribution in [0.3, 0.4) is 0 Å². The van der Waals surface area contributed by atoms with Gasteiger partial charge in [0.15, 0.2) is 5.71 Å². The molecular formula is C21H34N4O3. The van der Waals surface area contributed by atoms with E-state index in [1.807, 2.05) is 6.08 Å². The zero-order valence-electron chi connectivity index (χ0n) is 18.3. The average Bonchev–Trinajstić information content (AvgIpc) is 3.02. The van der Waals surface area contributed by atoms with Crippen molar-refractivity contribution < 1.29 is 14.3 Å². The van der Waals surface area contributed by atoms with Crippen molar-refractivity contribution >= 4 is 17.6 Å². The Bertz CT molecular complexity index is 708. The monoisotopic (exact) mass is 390 g/mol. The molecule has 28 heavy (non-hydrogen) atoms. The number of allylic oxidation sites excluding steroid dienone is 2. The third-order valence-electron chi connectivity index (χ3n) is 5.57. The minimum atomic E-state index is -0.569. The zero-order valence-corrected chi connectivity index (χ0v) is 18.3. The number of esters is 1. The summed E-state index contributed by atoms with van der Waals surface area (Å²) in [6, 6.07) is 0.337. The van der Waals surface area contributed by atoms with Crippen LogP contribution >= 0.6 is 0 Å². The molecule has 0 aromatic heterocycles. The molecular weight excluding hydrogens is 356 g/mol. The summed E-state index contributed by atoms with van der Waals surface area (Å²) in [4.78, 5) is 29.5. The number of hydrazone groups is 1. The van der Waals surface area contributed by atoms with E-state index >= 15 is 0 Å². The predicted molar refractivity (Wildman–Crippen MR) is 111 cm³/mol. The summed E-state index contributed by atoms with van der Waals surface area (Å²) in [7, 11) is 1.54. The Balaban J connectivity index is 2.47. The molecule has 0 saturated carbocycles. The minimum absolute atomic E-state index is 0.0238. The van der Waals surface area contributed by atoms with Crippen molar-refractivity contribution in [3.8, 4) is 0 Å². The maximum Gasteiger partial charge on any atom is 0.359 e. The second-order valence-corrected chi connectivity index (χ2v) is 7.78. The fourth-order valence-electron chi connectivity index (χ4n) is 3.80. The Hall–Kier alpha value is -2.31. The highest BCUT2D eigenvalue weighted by Gasteiger charge is 2.45. The summed E-state index contributed by atoms with van der Waals surface area (Å²) in [6.45, 7) is 14.9. The standard InChI is InChI=1S/C21H34N4O3/c1-8-13-24-15(4)21(5,6)25(14-9-2)17(24)12-11-16-18(20(27)28-10-3)22-23(7)19(16)26/h11-12,15H,8-10,13-14H2,1-7H3/b16-11+,17-12+. The number of ether oxygens (including phenoxy) is 1. The van der Waals surface area contributed by atoms with Crippen molar-refractivity contribution in [1.29, 1.82) is 0 Å². The molecule has 2 aliphatic heterocycles. The molecule has 1 atom stereocenters. The van der Waals surface area contributed by atoms with Crippen LogP contribution in [0.4, 0.5) is 0 Å². The number of hydrogen-bond donors (Lipinski definition) is 0. The molecule has 7 heteroatoms. The smallest absolute Gasteiger partial charge is 0.359 e. The van der Waals surface area contributed by atoms with Gasteiger partial charge in [0.05, 0.1) is 23.8 Å². The van der Waals surface area contributed by atoms with Crippen molar-refractivity contribution in [1.82, 2.24) is 14.8 Å². The van der Waals surface area contributed by atoms with Crippen LogP contribution < -0.4 is 0 Å². The highest BCUT2D eigenvalue weighted by atomic mass is 16.5. The van der Waals surface area contributed by atoms with Crippen LogP contribution in [0.25, 0.3) is 0 Å². The Morgan fingerprint density at radius 2 is 1.82 bits per heavy atom. The first-order valence-corrected chi connectivity index (χ1v) is 10.2. The Labute approximate surface area is 168 Å². The van der Waals surface area contributed by atoms with Gasteiger partial charge in [0.25, 0.3) is 5.91 Å². The van der Waals surface area contributed by atoms with Gasteiger partial charge in [0, 0.05) is 20.1 Å².